The summed E-state index contributed by atoms with van der Waals surface area (Å²) in [6, 6.07) is 9.41. The highest BCUT2D eigenvalue weighted by Gasteiger charge is 2.54. The van der Waals surface area contributed by atoms with Crippen LogP contribution in [0.5, 0.6) is 11.6 Å². The average molecular weight is 794 g/mol. The third-order valence-electron chi connectivity index (χ3n) is 12.1. The predicted octanol–water partition coefficient (Wildman–Crippen LogP) is 3.31. The fourth-order valence-electron chi connectivity index (χ4n) is 9.05. The van der Waals surface area contributed by atoms with E-state index in [2.05, 4.69) is 40.7 Å². The number of nitrogens with one attached hydrogen (secondary N) is 2. The van der Waals surface area contributed by atoms with Crippen LogP contribution in [0.3, 0.4) is 0 Å². The molecule has 1 aliphatic heterocycles. The maximum atomic E-state index is 13.1. The number of benzene rings is 1. The summed E-state index contributed by atoms with van der Waals surface area (Å²) in [5.74, 6) is 1.15. The first-order chi connectivity index (χ1) is 26.8. The van der Waals surface area contributed by atoms with Crippen molar-refractivity contribution in [3.8, 4) is 11.6 Å². The Morgan fingerprint density at radius 1 is 0.964 bits per heavy atom. The van der Waals surface area contributed by atoms with Crippen molar-refractivity contribution in [2.75, 3.05) is 46.1 Å². The molecule has 310 valence electrons. The van der Waals surface area contributed by atoms with Gasteiger partial charge in [-0.25, -0.2) is 4.98 Å². The molecule has 0 spiro atoms. The third-order valence-corrected chi connectivity index (χ3v) is 12.1. The van der Waals surface area contributed by atoms with Gasteiger partial charge < -0.3 is 49.6 Å². The van der Waals surface area contributed by atoms with Gasteiger partial charge in [-0.15, -0.1) is 0 Å². The van der Waals surface area contributed by atoms with Gasteiger partial charge in [0.05, 0.1) is 38.6 Å². The van der Waals surface area contributed by atoms with Crippen LogP contribution in [-0.4, -0.2) is 115 Å². The van der Waals surface area contributed by atoms with Gasteiger partial charge in [0.2, 0.25) is 11.8 Å². The van der Waals surface area contributed by atoms with E-state index in [0.29, 0.717) is 37.3 Å². The molecule has 0 bridgehead atoms. The van der Waals surface area contributed by atoms with Crippen LogP contribution in [0.2, 0.25) is 0 Å². The zero-order chi connectivity index (χ0) is 40.0. The van der Waals surface area contributed by atoms with Crippen molar-refractivity contribution in [1.82, 2.24) is 15.6 Å². The molecule has 3 aliphatic carbocycles. The van der Waals surface area contributed by atoms with Crippen LogP contribution >= 0.6 is 0 Å². The molecule has 0 unspecified atom stereocenters. The second kappa shape index (κ2) is 18.4. The molecule has 2 amide bonds. The molecule has 1 saturated heterocycles. The van der Waals surface area contributed by atoms with Crippen LogP contribution in [0, 0.1) is 17.3 Å². The molecule has 1 aromatic heterocycles. The minimum atomic E-state index is -4.74. The fourth-order valence-corrected chi connectivity index (χ4v) is 9.05. The van der Waals surface area contributed by atoms with Gasteiger partial charge in [0.25, 0.3) is 5.91 Å². The summed E-state index contributed by atoms with van der Waals surface area (Å²) in [7, 11) is 0. The Hall–Kier alpha value is -3.54. The molecule has 2 aromatic rings. The van der Waals surface area contributed by atoms with Crippen molar-refractivity contribution in [3.63, 3.8) is 0 Å². The lowest BCUT2D eigenvalue weighted by Gasteiger charge is -2.50. The SMILES string of the molecule is C[C@H]1O[C@H](C(=O)NCCOCCOCC(=O)NCCCOc2ccc3c(c2)CC[C@@H]2[C@@H]3CC[C@]3(C)[C@@H](O)CC[C@@H]23)[C@H](Oc2cccc(C(F)(F)F)n2)[C@@H](O)[C@H]1O. The smallest absolute Gasteiger partial charge is 0.433 e. The maximum Gasteiger partial charge on any atom is 0.433 e. The molecule has 2 saturated carbocycles. The number of carbonyl (C=O) groups excluding carboxylic acids is 2. The molecule has 13 nitrogen and oxygen atoms in total. The van der Waals surface area contributed by atoms with Crippen molar-refractivity contribution in [3.05, 3.63) is 53.2 Å². The molecular weight excluding hydrogens is 739 g/mol. The fraction of sp³-hybridized carbons (Fsp3) is 0.675. The minimum absolute atomic E-state index is 0.0149. The third kappa shape index (κ3) is 9.76. The first-order valence-corrected chi connectivity index (χ1v) is 19.6. The number of aliphatic hydroxyl groups excluding tert-OH is 3. The number of hydrogen-bond donors (Lipinski definition) is 5. The van der Waals surface area contributed by atoms with Crippen molar-refractivity contribution >= 4 is 11.8 Å². The van der Waals surface area contributed by atoms with E-state index in [1.165, 1.54) is 18.1 Å². The van der Waals surface area contributed by atoms with Gasteiger partial charge in [-0.05, 0) is 104 Å². The number of hydrogen-bond acceptors (Lipinski definition) is 11. The van der Waals surface area contributed by atoms with Gasteiger partial charge in [0.1, 0.15) is 30.3 Å². The predicted molar refractivity (Wildman–Crippen MR) is 195 cm³/mol. The normalized spacial score (nSPS) is 31.1. The number of carbonyl (C=O) groups is 2. The van der Waals surface area contributed by atoms with E-state index in [1.807, 2.05) is 0 Å². The standard InChI is InChI=1S/C40H54F3N3O10/c1-23-34(49)35(50)36(56-33-6-3-5-30(46-33)40(41,42)43)37(55-23)38(51)45-16-18-52-19-20-53-22-32(48)44-15-4-17-54-25-8-10-26-24(21-25)7-9-28-27(26)13-14-39(2)29(28)11-12-31(39)47/h3,5-6,8,10,21,23,27-29,31,34-37,47,49-50H,4,7,9,11-20,22H2,1-2H3,(H,44,48)(H,45,51)/t23-,27-,28-,29+,31+,34+,35+,36-,37+,39+/m1/s1. The molecule has 2 heterocycles. The topological polar surface area (TPSA) is 178 Å². The number of nitrogens with zero attached hydrogens (tertiary/aromatic N) is 1. The van der Waals surface area contributed by atoms with E-state index in [1.54, 1.807) is 0 Å². The maximum absolute atomic E-state index is 13.1. The number of rotatable bonds is 16. The number of alkyl halides is 3. The zero-order valence-corrected chi connectivity index (χ0v) is 31.8. The van der Waals surface area contributed by atoms with E-state index in [-0.39, 0.29) is 50.4 Å². The van der Waals surface area contributed by atoms with Gasteiger partial charge in [-0.3, -0.25) is 9.59 Å². The second-order valence-corrected chi connectivity index (χ2v) is 15.6. The number of aliphatic hydroxyl groups is 3. The van der Waals surface area contributed by atoms with E-state index >= 15 is 0 Å². The van der Waals surface area contributed by atoms with Gasteiger partial charge in [0, 0.05) is 19.2 Å². The number of pyridine rings is 1. The number of halogens is 3. The second-order valence-electron chi connectivity index (χ2n) is 15.6. The van der Waals surface area contributed by atoms with Crippen LogP contribution in [0.1, 0.15) is 75.1 Å². The summed E-state index contributed by atoms with van der Waals surface area (Å²) in [5, 5.41) is 36.9. The average Bonchev–Trinajstić information content (AvgIpc) is 3.48. The zero-order valence-electron chi connectivity index (χ0n) is 31.8. The van der Waals surface area contributed by atoms with Crippen LogP contribution < -0.4 is 20.1 Å². The highest BCUT2D eigenvalue weighted by Crippen LogP contribution is 2.61. The lowest BCUT2D eigenvalue weighted by atomic mass is 9.55. The molecule has 56 heavy (non-hydrogen) atoms. The first kappa shape index (κ1) is 42.1. The summed E-state index contributed by atoms with van der Waals surface area (Å²) < 4.78 is 67.2. The summed E-state index contributed by atoms with van der Waals surface area (Å²) in [5.41, 5.74) is 1.66. The van der Waals surface area contributed by atoms with E-state index in [9.17, 15) is 38.1 Å². The van der Waals surface area contributed by atoms with Gasteiger partial charge in [-0.1, -0.05) is 19.1 Å². The van der Waals surface area contributed by atoms with Gasteiger partial charge >= 0.3 is 6.18 Å². The summed E-state index contributed by atoms with van der Waals surface area (Å²) in [4.78, 5) is 28.5. The number of ether oxygens (including phenoxy) is 5. The van der Waals surface area contributed by atoms with E-state index in [4.69, 9.17) is 23.7 Å². The summed E-state index contributed by atoms with van der Waals surface area (Å²) >= 11 is 0. The molecular formula is C40H54F3N3O10. The van der Waals surface area contributed by atoms with E-state index in [0.717, 1.165) is 62.5 Å². The van der Waals surface area contributed by atoms with Crippen molar-refractivity contribution in [1.29, 1.82) is 0 Å². The van der Waals surface area contributed by atoms with Crippen LogP contribution in [0.25, 0.3) is 0 Å². The number of aryl methyl sites for hydroxylation is 1. The van der Waals surface area contributed by atoms with Crippen LogP contribution in [-0.2, 0) is 36.4 Å². The lowest BCUT2D eigenvalue weighted by Crippen LogP contribution is -2.63. The molecule has 10 atom stereocenters. The largest absolute Gasteiger partial charge is 0.494 e. The number of amides is 2. The first-order valence-electron chi connectivity index (χ1n) is 19.6. The quantitative estimate of drug-likeness (QED) is 0.158. The Bertz CT molecular complexity index is 1650. The summed E-state index contributed by atoms with van der Waals surface area (Å²) in [6.07, 6.45) is -4.92. The van der Waals surface area contributed by atoms with E-state index < -0.39 is 54.2 Å². The van der Waals surface area contributed by atoms with Crippen molar-refractivity contribution in [2.24, 2.45) is 17.3 Å². The number of aromatic nitrogens is 1. The number of fused-ring (bicyclic) bond motifs is 5. The Morgan fingerprint density at radius 2 is 1.77 bits per heavy atom. The molecule has 1 aromatic carbocycles. The monoisotopic (exact) mass is 793 g/mol. The molecule has 4 aliphatic rings. The molecule has 6 rings (SSSR count). The Labute approximate surface area is 324 Å². The minimum Gasteiger partial charge on any atom is -0.494 e. The molecule has 3 fully saturated rings. The molecule has 0 radical (unpaired) electrons. The van der Waals surface area contributed by atoms with Crippen LogP contribution in [0.4, 0.5) is 13.2 Å². The molecule has 5 N–H and O–H groups in total. The van der Waals surface area contributed by atoms with Crippen molar-refractivity contribution in [2.45, 2.75) is 108 Å². The Kier molecular flexibility index (Phi) is 13.8. The summed E-state index contributed by atoms with van der Waals surface area (Å²) in [6.45, 7) is 4.81. The highest BCUT2D eigenvalue weighted by atomic mass is 19.4. The lowest BCUT2D eigenvalue weighted by molar-refractivity contribution is -0.211. The van der Waals surface area contributed by atoms with Crippen molar-refractivity contribution < 1.29 is 61.8 Å². The highest BCUT2D eigenvalue weighted by molar-refractivity contribution is 5.81. The van der Waals surface area contributed by atoms with Gasteiger partial charge in [0.15, 0.2) is 12.2 Å². The molecule has 16 heteroatoms. The Morgan fingerprint density at radius 3 is 2.57 bits per heavy atom. The van der Waals surface area contributed by atoms with Crippen LogP contribution in [0.15, 0.2) is 36.4 Å². The Balaban J connectivity index is 0.819. The van der Waals surface area contributed by atoms with Gasteiger partial charge in [-0.2, -0.15) is 13.2 Å².